The fraction of sp³-hybridized carbons (Fsp3) is 0.579. The van der Waals surface area contributed by atoms with E-state index in [-0.39, 0.29) is 30.3 Å². The molecule has 1 aromatic carbocycles. The van der Waals surface area contributed by atoms with E-state index in [9.17, 15) is 9.59 Å². The highest BCUT2D eigenvalue weighted by Gasteiger charge is 2.29. The first-order valence-corrected chi connectivity index (χ1v) is 8.76. The predicted molar refractivity (Wildman–Crippen MR) is 105 cm³/mol. The third-order valence-electron chi connectivity index (χ3n) is 4.37. The summed E-state index contributed by atoms with van der Waals surface area (Å²) in [5.41, 5.74) is 0.558. The molecule has 2 amide bonds. The molecule has 1 saturated heterocycles. The molecule has 1 aliphatic heterocycles. The number of carbonyl (C=O) groups is 2. The molecule has 146 valence electrons. The highest BCUT2D eigenvalue weighted by atomic mass is 35.5. The van der Waals surface area contributed by atoms with Crippen molar-refractivity contribution in [3.05, 3.63) is 29.8 Å². The van der Waals surface area contributed by atoms with E-state index >= 15 is 0 Å². The average molecular weight is 384 g/mol. The lowest BCUT2D eigenvalue weighted by molar-refractivity contribution is -0.134. The Morgan fingerprint density at radius 1 is 1.31 bits per heavy atom. The van der Waals surface area contributed by atoms with Crippen molar-refractivity contribution in [1.82, 2.24) is 15.5 Å². The van der Waals surface area contributed by atoms with Crippen molar-refractivity contribution in [2.75, 3.05) is 33.3 Å². The molecule has 1 fully saturated rings. The topological polar surface area (TPSA) is 70.7 Å². The largest absolute Gasteiger partial charge is 0.496 e. The highest BCUT2D eigenvalue weighted by molar-refractivity contribution is 5.85. The van der Waals surface area contributed by atoms with Crippen molar-refractivity contribution in [3.8, 4) is 5.75 Å². The van der Waals surface area contributed by atoms with Crippen LogP contribution < -0.4 is 15.4 Å². The van der Waals surface area contributed by atoms with Crippen molar-refractivity contribution in [2.45, 2.75) is 33.2 Å². The average Bonchev–Trinajstić information content (AvgIpc) is 2.60. The Balaban J connectivity index is 0.00000338. The second-order valence-electron chi connectivity index (χ2n) is 7.30. The first-order chi connectivity index (χ1) is 11.8. The first kappa shape index (κ1) is 22.3. The number of nitrogens with one attached hydrogen (secondary N) is 2. The number of nitrogens with zero attached hydrogens (tertiary/aromatic N) is 1. The normalized spacial score (nSPS) is 17.2. The van der Waals surface area contributed by atoms with Crippen molar-refractivity contribution < 1.29 is 14.3 Å². The van der Waals surface area contributed by atoms with Crippen LogP contribution in [-0.4, -0.2) is 50.0 Å². The summed E-state index contributed by atoms with van der Waals surface area (Å²) < 4.78 is 5.45. The van der Waals surface area contributed by atoms with Crippen LogP contribution in [0.5, 0.6) is 5.75 Å². The van der Waals surface area contributed by atoms with Gasteiger partial charge in [0.15, 0.2) is 0 Å². The number of ether oxygens (including phenoxy) is 1. The van der Waals surface area contributed by atoms with Crippen molar-refractivity contribution >= 4 is 24.2 Å². The Bertz CT molecular complexity index is 616. The molecule has 6 nitrogen and oxygen atoms in total. The summed E-state index contributed by atoms with van der Waals surface area (Å²) in [6.07, 6.45) is 0.299. The monoisotopic (exact) mass is 383 g/mol. The van der Waals surface area contributed by atoms with E-state index in [4.69, 9.17) is 4.74 Å². The van der Waals surface area contributed by atoms with Gasteiger partial charge in [-0.15, -0.1) is 12.4 Å². The standard InChI is InChI=1S/C19H29N3O3.ClH/c1-19(2,3)18(24)21-10-9-17(23)22-12-11-20-13-15(22)14-7-5-6-8-16(14)25-4;/h5-8,15,20H,9-13H2,1-4H3,(H,21,24);1H. The van der Waals surface area contributed by atoms with Crippen LogP contribution in [0.2, 0.25) is 0 Å². The van der Waals surface area contributed by atoms with Gasteiger partial charge in [-0.05, 0) is 6.07 Å². The summed E-state index contributed by atoms with van der Waals surface area (Å²) in [4.78, 5) is 26.5. The maximum atomic E-state index is 12.7. The second-order valence-corrected chi connectivity index (χ2v) is 7.30. The minimum Gasteiger partial charge on any atom is -0.496 e. The lowest BCUT2D eigenvalue weighted by atomic mass is 9.96. The zero-order chi connectivity index (χ0) is 18.4. The lowest BCUT2D eigenvalue weighted by Gasteiger charge is -2.37. The van der Waals surface area contributed by atoms with Crippen LogP contribution in [0, 0.1) is 5.41 Å². The quantitative estimate of drug-likeness (QED) is 0.817. The molecule has 2 N–H and O–H groups in total. The Hall–Kier alpha value is -1.79. The number of carbonyl (C=O) groups excluding carboxylic acids is 2. The molecule has 0 radical (unpaired) electrons. The van der Waals surface area contributed by atoms with E-state index in [1.54, 1.807) is 7.11 Å². The van der Waals surface area contributed by atoms with Crippen molar-refractivity contribution in [2.24, 2.45) is 5.41 Å². The van der Waals surface area contributed by atoms with Gasteiger partial charge in [-0.1, -0.05) is 39.0 Å². The molecule has 0 spiro atoms. The van der Waals surface area contributed by atoms with E-state index in [0.717, 1.165) is 17.9 Å². The van der Waals surface area contributed by atoms with Crippen LogP contribution in [0.15, 0.2) is 24.3 Å². The first-order valence-electron chi connectivity index (χ1n) is 8.76. The van der Waals surface area contributed by atoms with Gasteiger partial charge in [-0.3, -0.25) is 9.59 Å². The van der Waals surface area contributed by atoms with Gasteiger partial charge in [0.25, 0.3) is 0 Å². The maximum absolute atomic E-state index is 12.7. The zero-order valence-electron chi connectivity index (χ0n) is 16.0. The fourth-order valence-corrected chi connectivity index (χ4v) is 2.91. The molecule has 1 atom stereocenters. The number of benzene rings is 1. The smallest absolute Gasteiger partial charge is 0.225 e. The number of methoxy groups -OCH3 is 1. The van der Waals surface area contributed by atoms with Gasteiger partial charge in [0.05, 0.1) is 13.2 Å². The van der Waals surface area contributed by atoms with Crippen LogP contribution >= 0.6 is 12.4 Å². The lowest BCUT2D eigenvalue weighted by Crippen LogP contribution is -2.49. The molecule has 0 bridgehead atoms. The van der Waals surface area contributed by atoms with Gasteiger partial charge >= 0.3 is 0 Å². The Morgan fingerprint density at radius 3 is 2.65 bits per heavy atom. The number of halogens is 1. The third-order valence-corrected chi connectivity index (χ3v) is 4.37. The van der Waals surface area contributed by atoms with E-state index in [2.05, 4.69) is 10.6 Å². The molecular formula is C19H30ClN3O3. The molecule has 1 aliphatic rings. The summed E-state index contributed by atoms with van der Waals surface area (Å²) in [5.74, 6) is 0.795. The number of hydrogen-bond acceptors (Lipinski definition) is 4. The van der Waals surface area contributed by atoms with Gasteiger partial charge < -0.3 is 20.3 Å². The molecule has 1 unspecified atom stereocenters. The van der Waals surface area contributed by atoms with Crippen LogP contribution in [-0.2, 0) is 9.59 Å². The molecule has 0 aliphatic carbocycles. The minimum absolute atomic E-state index is 0. The molecule has 7 heteroatoms. The molecule has 2 rings (SSSR count). The van der Waals surface area contributed by atoms with E-state index in [1.807, 2.05) is 49.9 Å². The summed E-state index contributed by atoms with van der Waals surface area (Å²) in [5, 5.41) is 6.19. The van der Waals surface area contributed by atoms with E-state index in [1.165, 1.54) is 0 Å². The third kappa shape index (κ3) is 5.61. The minimum atomic E-state index is -0.446. The van der Waals surface area contributed by atoms with E-state index < -0.39 is 5.41 Å². The Labute approximate surface area is 162 Å². The predicted octanol–water partition coefficient (Wildman–Crippen LogP) is 2.14. The van der Waals surface area contributed by atoms with Crippen molar-refractivity contribution in [1.29, 1.82) is 0 Å². The second kappa shape index (κ2) is 9.78. The Kier molecular flexibility index (Phi) is 8.37. The zero-order valence-corrected chi connectivity index (χ0v) is 16.8. The molecular weight excluding hydrogens is 354 g/mol. The van der Waals surface area contributed by atoms with Crippen LogP contribution in [0.4, 0.5) is 0 Å². The number of piperazine rings is 1. The molecule has 1 heterocycles. The SMILES string of the molecule is COc1ccccc1C1CNCCN1C(=O)CCNC(=O)C(C)(C)C.Cl. The fourth-order valence-electron chi connectivity index (χ4n) is 2.91. The van der Waals surface area contributed by atoms with E-state index in [0.29, 0.717) is 26.1 Å². The summed E-state index contributed by atoms with van der Waals surface area (Å²) in [6.45, 7) is 8.05. The van der Waals surface area contributed by atoms with Gasteiger partial charge in [0.1, 0.15) is 5.75 Å². The summed E-state index contributed by atoms with van der Waals surface area (Å²) in [7, 11) is 1.64. The van der Waals surface area contributed by atoms with Gasteiger partial charge in [-0.2, -0.15) is 0 Å². The number of para-hydroxylation sites is 1. The van der Waals surface area contributed by atoms with Gasteiger partial charge in [0, 0.05) is 43.6 Å². The molecule has 0 saturated carbocycles. The van der Waals surface area contributed by atoms with Gasteiger partial charge in [0.2, 0.25) is 11.8 Å². The van der Waals surface area contributed by atoms with Gasteiger partial charge in [-0.25, -0.2) is 0 Å². The van der Waals surface area contributed by atoms with Crippen molar-refractivity contribution in [3.63, 3.8) is 0 Å². The van der Waals surface area contributed by atoms with Crippen LogP contribution in [0.3, 0.4) is 0 Å². The van der Waals surface area contributed by atoms with Crippen LogP contribution in [0.25, 0.3) is 0 Å². The molecule has 1 aromatic rings. The molecule has 0 aromatic heterocycles. The number of amides is 2. The number of rotatable bonds is 5. The molecule has 26 heavy (non-hydrogen) atoms. The summed E-state index contributed by atoms with van der Waals surface area (Å²) >= 11 is 0. The maximum Gasteiger partial charge on any atom is 0.225 e. The van der Waals surface area contributed by atoms with Crippen LogP contribution in [0.1, 0.15) is 38.8 Å². The summed E-state index contributed by atoms with van der Waals surface area (Å²) in [6, 6.07) is 7.73. The Morgan fingerprint density at radius 2 is 2.00 bits per heavy atom. The number of hydrogen-bond donors (Lipinski definition) is 2. The highest BCUT2D eigenvalue weighted by Crippen LogP contribution is 2.30.